The minimum Gasteiger partial charge on any atom is -0.490 e. The first kappa shape index (κ1) is 35.4. The van der Waals surface area contributed by atoms with Crippen molar-refractivity contribution in [1.82, 2.24) is 9.71 Å². The number of carbonyl (C=O) groups is 1. The van der Waals surface area contributed by atoms with Gasteiger partial charge in [-0.1, -0.05) is 36.7 Å². The van der Waals surface area contributed by atoms with Gasteiger partial charge in [0.1, 0.15) is 11.4 Å². The van der Waals surface area contributed by atoms with Gasteiger partial charge in [0.15, 0.2) is 0 Å². The highest BCUT2D eigenvalue weighted by atomic mass is 35.5. The Morgan fingerprint density at radius 1 is 1.24 bits per heavy atom. The lowest BCUT2D eigenvalue weighted by molar-refractivity contribution is -0.0827. The predicted octanol–water partition coefficient (Wildman–Crippen LogP) is 7.35. The van der Waals surface area contributed by atoms with E-state index >= 15 is 4.39 Å². The Balaban J connectivity index is 1.42. The molecule has 0 unspecified atom stereocenters. The number of hydrogen-bond donors (Lipinski definition) is 1. The molecule has 6 rings (SSSR count). The molecule has 2 aromatic carbocycles. The molecule has 1 aromatic heterocycles. The number of halogens is 2. The number of fused-ring (bicyclic) bond motifs is 3. The van der Waals surface area contributed by atoms with Crippen LogP contribution in [0, 0.1) is 17.8 Å². The van der Waals surface area contributed by atoms with Gasteiger partial charge < -0.3 is 14.4 Å². The van der Waals surface area contributed by atoms with E-state index in [0.717, 1.165) is 44.2 Å². The summed E-state index contributed by atoms with van der Waals surface area (Å²) in [4.78, 5) is 19.6. The average molecular weight is 710 g/mol. The summed E-state index contributed by atoms with van der Waals surface area (Å²) in [5.74, 6) is -0.574. The maximum absolute atomic E-state index is 15.4. The molecule has 49 heavy (non-hydrogen) atoms. The third kappa shape index (κ3) is 6.71. The Labute approximate surface area is 294 Å². The van der Waals surface area contributed by atoms with Crippen LogP contribution in [0.2, 0.25) is 5.02 Å². The van der Waals surface area contributed by atoms with Crippen LogP contribution in [0.25, 0.3) is 0 Å². The van der Waals surface area contributed by atoms with E-state index < -0.39 is 32.7 Å². The predicted molar refractivity (Wildman–Crippen MR) is 190 cm³/mol. The van der Waals surface area contributed by atoms with Crippen LogP contribution in [0.1, 0.15) is 79.9 Å². The summed E-state index contributed by atoms with van der Waals surface area (Å²) in [6.45, 7) is 6.73. The molecule has 1 aliphatic heterocycles. The molecule has 3 aromatic rings. The zero-order chi connectivity index (χ0) is 35.0. The van der Waals surface area contributed by atoms with Crippen molar-refractivity contribution in [3.63, 3.8) is 0 Å². The number of nitrogens with zero attached hydrogens (tertiary/aromatic N) is 2. The highest BCUT2D eigenvalue weighted by molar-refractivity contribution is 7.90. The van der Waals surface area contributed by atoms with Gasteiger partial charge in [-0.05, 0) is 112 Å². The number of benzene rings is 2. The summed E-state index contributed by atoms with van der Waals surface area (Å²) < 4.78 is 55.7. The molecular weight excluding hydrogens is 665 g/mol. The first-order chi connectivity index (χ1) is 23.4. The first-order valence-electron chi connectivity index (χ1n) is 17.1. The van der Waals surface area contributed by atoms with Crippen LogP contribution >= 0.6 is 11.6 Å². The van der Waals surface area contributed by atoms with Crippen LogP contribution in [0.3, 0.4) is 0 Å². The third-order valence-corrected chi connectivity index (χ3v) is 12.6. The molecule has 1 amide bonds. The van der Waals surface area contributed by atoms with Gasteiger partial charge in [0, 0.05) is 53.9 Å². The van der Waals surface area contributed by atoms with Crippen molar-refractivity contribution in [2.24, 2.45) is 11.8 Å². The summed E-state index contributed by atoms with van der Waals surface area (Å²) in [7, 11) is -2.21. The number of anilines is 1. The highest BCUT2D eigenvalue weighted by Gasteiger charge is 2.51. The van der Waals surface area contributed by atoms with E-state index in [4.69, 9.17) is 21.1 Å². The van der Waals surface area contributed by atoms with Crippen molar-refractivity contribution in [3.8, 4) is 5.75 Å². The van der Waals surface area contributed by atoms with Crippen LogP contribution < -0.4 is 14.4 Å². The lowest BCUT2D eigenvalue weighted by Gasteiger charge is -2.50. The van der Waals surface area contributed by atoms with E-state index in [1.165, 1.54) is 31.2 Å². The number of amides is 1. The van der Waals surface area contributed by atoms with Gasteiger partial charge in [-0.25, -0.2) is 18.1 Å². The summed E-state index contributed by atoms with van der Waals surface area (Å²) >= 11 is 6.44. The third-order valence-electron chi connectivity index (χ3n) is 10.7. The van der Waals surface area contributed by atoms with Crippen molar-refractivity contribution in [2.75, 3.05) is 31.7 Å². The molecule has 0 bridgehead atoms. The average Bonchev–Trinajstić information content (AvgIpc) is 3.21. The van der Waals surface area contributed by atoms with Gasteiger partial charge in [-0.2, -0.15) is 4.39 Å². The van der Waals surface area contributed by atoms with E-state index in [2.05, 4.69) is 26.7 Å². The number of aromatic nitrogens is 1. The van der Waals surface area contributed by atoms with Crippen molar-refractivity contribution in [2.45, 2.75) is 75.6 Å². The standard InChI is InChI=1S/C38H45ClFN3O5S/c1-5-6-18-38(47-4,32-10-8-19-41-35(32)40)31-14-11-28(31)22-43-23-37(17-7-9-26-20-29(39)13-15-30(26)37)24-48-34-16-12-27(21-33(34)43)36(44)42-49(45,46)25(2)3/h6,8,10,12-13,15-16,18-21,25,28,31H,5,7,9,11,14,17,22-24H2,1-4H3,(H,42,44)/b18-6+/t28-,31+,37-,38+/m0/s1. The van der Waals surface area contributed by atoms with E-state index in [9.17, 15) is 13.2 Å². The summed E-state index contributed by atoms with van der Waals surface area (Å²) in [5.41, 5.74) is 2.42. The van der Waals surface area contributed by atoms with E-state index in [-0.39, 0.29) is 22.8 Å². The number of nitrogens with one attached hydrogen (secondary N) is 1. The number of carbonyl (C=O) groups excluding carboxylic acids is 1. The normalized spacial score (nSPS) is 23.3. The maximum Gasteiger partial charge on any atom is 0.264 e. The lowest BCUT2D eigenvalue weighted by atomic mass is 9.62. The zero-order valence-electron chi connectivity index (χ0n) is 28.5. The number of rotatable bonds is 10. The molecule has 1 N–H and O–H groups in total. The monoisotopic (exact) mass is 709 g/mol. The molecule has 1 saturated carbocycles. The Morgan fingerprint density at radius 2 is 2.06 bits per heavy atom. The number of pyridine rings is 1. The van der Waals surface area contributed by atoms with Gasteiger partial charge in [-0.3, -0.25) is 4.79 Å². The number of aryl methyl sites for hydroxylation is 1. The Kier molecular flexibility index (Phi) is 10.1. The molecule has 1 fully saturated rings. The van der Waals surface area contributed by atoms with Gasteiger partial charge in [0.25, 0.3) is 5.91 Å². The minimum atomic E-state index is -3.84. The molecule has 2 heterocycles. The van der Waals surface area contributed by atoms with Crippen LogP contribution in [-0.4, -0.2) is 51.4 Å². The highest BCUT2D eigenvalue weighted by Crippen LogP contribution is 2.52. The van der Waals surface area contributed by atoms with Crippen LogP contribution in [0.5, 0.6) is 5.75 Å². The smallest absolute Gasteiger partial charge is 0.264 e. The van der Waals surface area contributed by atoms with Crippen molar-refractivity contribution in [3.05, 3.63) is 100 Å². The minimum absolute atomic E-state index is 0.0531. The molecule has 0 saturated heterocycles. The fourth-order valence-electron chi connectivity index (χ4n) is 7.91. The number of methoxy groups -OCH3 is 1. The quantitative estimate of drug-likeness (QED) is 0.174. The molecule has 2 aliphatic carbocycles. The molecule has 4 atom stereocenters. The largest absolute Gasteiger partial charge is 0.490 e. The first-order valence-corrected chi connectivity index (χ1v) is 19.1. The van der Waals surface area contributed by atoms with Crippen molar-refractivity contribution < 1.29 is 27.1 Å². The summed E-state index contributed by atoms with van der Waals surface area (Å²) in [6, 6.07) is 14.7. The zero-order valence-corrected chi connectivity index (χ0v) is 30.1. The number of allylic oxidation sites excluding steroid dienone is 1. The fourth-order valence-corrected chi connectivity index (χ4v) is 8.72. The number of sulfonamides is 1. The second-order valence-electron chi connectivity index (χ2n) is 13.9. The number of ether oxygens (including phenoxy) is 2. The van der Waals surface area contributed by atoms with E-state index in [1.807, 2.05) is 25.1 Å². The van der Waals surface area contributed by atoms with Gasteiger partial charge in [-0.15, -0.1) is 0 Å². The maximum atomic E-state index is 15.4. The molecule has 3 aliphatic rings. The van der Waals surface area contributed by atoms with Gasteiger partial charge in [0.2, 0.25) is 16.0 Å². The SMILES string of the molecule is CC/C=C/[C@](OC)(c1cccnc1F)[C@@H]1CC[C@H]1CN1C[C@@]2(CCCc3cc(Cl)ccc32)COc2ccc(C(=O)NS(=O)(=O)C(C)C)cc21. The topological polar surface area (TPSA) is 97.8 Å². The molecule has 0 radical (unpaired) electrons. The van der Waals surface area contributed by atoms with Gasteiger partial charge in [0.05, 0.1) is 17.5 Å². The van der Waals surface area contributed by atoms with E-state index in [0.29, 0.717) is 36.0 Å². The lowest BCUT2D eigenvalue weighted by Crippen LogP contribution is -2.52. The van der Waals surface area contributed by atoms with Gasteiger partial charge >= 0.3 is 0 Å². The molecule has 262 valence electrons. The molecule has 1 spiro atoms. The van der Waals surface area contributed by atoms with Crippen LogP contribution in [-0.2, 0) is 32.2 Å². The van der Waals surface area contributed by atoms with Crippen molar-refractivity contribution >= 4 is 33.2 Å². The molecule has 11 heteroatoms. The van der Waals surface area contributed by atoms with Crippen molar-refractivity contribution in [1.29, 1.82) is 0 Å². The van der Waals surface area contributed by atoms with E-state index in [1.54, 1.807) is 37.4 Å². The molecular formula is C38H45ClFN3O5S. The number of hydrogen-bond acceptors (Lipinski definition) is 7. The summed E-state index contributed by atoms with van der Waals surface area (Å²) in [5, 5.41) is -0.0617. The Hall–Kier alpha value is -3.47. The second kappa shape index (κ2) is 14.0. The summed E-state index contributed by atoms with van der Waals surface area (Å²) in [6.07, 6.45) is 10.8. The fraction of sp³-hybridized carbons (Fsp3) is 0.474. The Bertz CT molecular complexity index is 1850. The second-order valence-corrected chi connectivity index (χ2v) is 16.6. The Morgan fingerprint density at radius 3 is 2.76 bits per heavy atom. The molecule has 8 nitrogen and oxygen atoms in total. The van der Waals surface area contributed by atoms with Crippen LogP contribution in [0.4, 0.5) is 10.1 Å². The van der Waals surface area contributed by atoms with Crippen LogP contribution in [0.15, 0.2) is 66.9 Å².